The summed E-state index contributed by atoms with van der Waals surface area (Å²) in [5.41, 5.74) is 1.78. The molecule has 3 heterocycles. The minimum atomic E-state index is -4.13. The maximum atomic E-state index is 13.3. The number of hydrogen-bond donors (Lipinski definition) is 0. The van der Waals surface area contributed by atoms with E-state index in [-0.39, 0.29) is 22.8 Å². The maximum absolute atomic E-state index is 13.3. The van der Waals surface area contributed by atoms with E-state index in [0.29, 0.717) is 36.4 Å². The lowest BCUT2D eigenvalue weighted by Gasteiger charge is -2.26. The molecule has 1 aromatic carbocycles. The van der Waals surface area contributed by atoms with Crippen LogP contribution in [0.2, 0.25) is 0 Å². The Bertz CT molecular complexity index is 1430. The average molecular weight is 494 g/mol. The van der Waals surface area contributed by atoms with Crippen molar-refractivity contribution >= 4 is 21.8 Å². The third kappa shape index (κ3) is 5.41. The zero-order valence-electron chi connectivity index (χ0n) is 19.0. The topological polar surface area (TPSA) is 136 Å². The molecule has 11 nitrogen and oxygen atoms in total. The van der Waals surface area contributed by atoms with Crippen molar-refractivity contribution in [2.24, 2.45) is 5.10 Å². The molecule has 1 saturated heterocycles. The number of hydrazone groups is 1. The molecule has 180 valence electrons. The van der Waals surface area contributed by atoms with E-state index in [9.17, 15) is 13.7 Å². The molecule has 0 saturated carbocycles. The highest BCUT2D eigenvalue weighted by Crippen LogP contribution is 2.28. The zero-order valence-corrected chi connectivity index (χ0v) is 19.8. The van der Waals surface area contributed by atoms with Gasteiger partial charge in [0.05, 0.1) is 54.4 Å². The molecular formula is C23H23N7O4S. The van der Waals surface area contributed by atoms with Crippen molar-refractivity contribution in [2.75, 3.05) is 46.5 Å². The Labute approximate surface area is 203 Å². The fraction of sp³-hybridized carbons (Fsp3) is 0.304. The van der Waals surface area contributed by atoms with Crippen LogP contribution in [0.5, 0.6) is 5.75 Å². The highest BCUT2D eigenvalue weighted by Gasteiger charge is 2.25. The predicted molar refractivity (Wildman–Crippen MR) is 126 cm³/mol. The molecule has 0 unspecified atom stereocenters. The molecule has 3 aromatic rings. The van der Waals surface area contributed by atoms with E-state index in [1.54, 1.807) is 22.8 Å². The number of morpholine rings is 1. The van der Waals surface area contributed by atoms with Gasteiger partial charge in [-0.25, -0.2) is 4.52 Å². The van der Waals surface area contributed by atoms with Crippen LogP contribution < -0.4 is 4.74 Å². The van der Waals surface area contributed by atoms with E-state index in [1.165, 1.54) is 37.7 Å². The second-order valence-electron chi connectivity index (χ2n) is 7.72. The number of nitriles is 2. The monoisotopic (exact) mass is 493 g/mol. The lowest BCUT2D eigenvalue weighted by Crippen LogP contribution is -2.38. The number of sulfonamides is 1. The van der Waals surface area contributed by atoms with Gasteiger partial charge in [-0.15, -0.1) is 0 Å². The molecule has 0 N–H and O–H groups in total. The van der Waals surface area contributed by atoms with E-state index in [2.05, 4.69) is 21.2 Å². The van der Waals surface area contributed by atoms with Gasteiger partial charge in [-0.1, -0.05) is 0 Å². The number of benzene rings is 1. The van der Waals surface area contributed by atoms with Gasteiger partial charge in [0.1, 0.15) is 17.3 Å². The number of nitrogens with zero attached hydrogens (tertiary/aromatic N) is 7. The first-order chi connectivity index (χ1) is 16.9. The molecular weight excluding hydrogens is 470 g/mol. The summed E-state index contributed by atoms with van der Waals surface area (Å²) in [6.07, 6.45) is 4.52. The molecule has 0 amide bonds. The van der Waals surface area contributed by atoms with E-state index in [0.717, 1.165) is 17.5 Å². The molecule has 1 aliphatic rings. The summed E-state index contributed by atoms with van der Waals surface area (Å²) in [4.78, 5) is 2.02. The van der Waals surface area contributed by atoms with Crippen LogP contribution >= 0.6 is 0 Å². The van der Waals surface area contributed by atoms with Gasteiger partial charge < -0.3 is 9.47 Å². The lowest BCUT2D eigenvalue weighted by atomic mass is 10.2. The van der Waals surface area contributed by atoms with Crippen molar-refractivity contribution < 1.29 is 17.9 Å². The molecule has 0 bridgehead atoms. The fourth-order valence-corrected chi connectivity index (χ4v) is 4.64. The van der Waals surface area contributed by atoms with Crippen LogP contribution in [0.15, 0.2) is 52.7 Å². The van der Waals surface area contributed by atoms with Crippen molar-refractivity contribution in [3.8, 4) is 17.9 Å². The Morgan fingerprint density at radius 3 is 2.69 bits per heavy atom. The standard InChI is InChI=1S/C23H23N7O4S/c1-28(26-16-20-17-27-30-5-4-19(15-25)12-21(20)30)35(31,32)23-13-18(14-24)2-3-22(23)34-11-8-29-6-9-33-10-7-29/h2-5,12-13,16-17H,6-11H2,1H3/b26-16-. The van der Waals surface area contributed by atoms with Crippen LogP contribution in [0.3, 0.4) is 0 Å². The van der Waals surface area contributed by atoms with Crippen LogP contribution in [-0.4, -0.2) is 80.1 Å². The van der Waals surface area contributed by atoms with Gasteiger partial charge in [0.25, 0.3) is 10.0 Å². The van der Waals surface area contributed by atoms with Crippen LogP contribution in [0, 0.1) is 22.7 Å². The summed E-state index contributed by atoms with van der Waals surface area (Å²) < 4.78 is 40.2. The van der Waals surface area contributed by atoms with Crippen molar-refractivity contribution in [2.45, 2.75) is 4.90 Å². The van der Waals surface area contributed by atoms with Gasteiger partial charge in [0.2, 0.25) is 0 Å². The van der Waals surface area contributed by atoms with Gasteiger partial charge in [-0.05, 0) is 30.3 Å². The van der Waals surface area contributed by atoms with E-state index < -0.39 is 10.0 Å². The number of hydrogen-bond acceptors (Lipinski definition) is 9. The molecule has 0 radical (unpaired) electrons. The van der Waals surface area contributed by atoms with E-state index in [1.807, 2.05) is 6.07 Å². The first kappa shape index (κ1) is 24.2. The Hall–Kier alpha value is -3.97. The molecule has 0 atom stereocenters. The van der Waals surface area contributed by atoms with Crippen LogP contribution in [0.4, 0.5) is 0 Å². The van der Waals surface area contributed by atoms with Crippen LogP contribution in [0.25, 0.3) is 5.52 Å². The van der Waals surface area contributed by atoms with E-state index in [4.69, 9.17) is 14.7 Å². The summed E-state index contributed by atoms with van der Waals surface area (Å²) in [7, 11) is -2.83. The van der Waals surface area contributed by atoms with Gasteiger partial charge in [-0.2, -0.15) is 33.6 Å². The number of ether oxygens (including phenoxy) is 2. The SMILES string of the molecule is CN(/N=C\c1cnn2ccc(C#N)cc12)S(=O)(=O)c1cc(C#N)ccc1OCCN1CCOCC1. The summed E-state index contributed by atoms with van der Waals surface area (Å²) in [6, 6.07) is 11.6. The summed E-state index contributed by atoms with van der Waals surface area (Å²) in [5.74, 6) is 0.147. The molecule has 12 heteroatoms. The normalized spacial score (nSPS) is 14.6. The second kappa shape index (κ2) is 10.5. The number of fused-ring (bicyclic) bond motifs is 1. The Morgan fingerprint density at radius 2 is 1.94 bits per heavy atom. The van der Waals surface area contributed by atoms with Gasteiger partial charge >= 0.3 is 0 Å². The number of aromatic nitrogens is 2. The van der Waals surface area contributed by atoms with Gasteiger partial charge in [-0.3, -0.25) is 4.90 Å². The lowest BCUT2D eigenvalue weighted by molar-refractivity contribution is 0.0321. The van der Waals surface area contributed by atoms with Crippen molar-refractivity contribution in [1.29, 1.82) is 10.5 Å². The first-order valence-electron chi connectivity index (χ1n) is 10.8. The highest BCUT2D eigenvalue weighted by molar-refractivity contribution is 7.89. The van der Waals surface area contributed by atoms with Crippen molar-refractivity contribution in [3.63, 3.8) is 0 Å². The Morgan fingerprint density at radius 1 is 1.20 bits per heavy atom. The highest BCUT2D eigenvalue weighted by atomic mass is 32.2. The fourth-order valence-electron chi connectivity index (χ4n) is 3.52. The number of rotatable bonds is 8. The largest absolute Gasteiger partial charge is 0.491 e. The van der Waals surface area contributed by atoms with Crippen molar-refractivity contribution in [3.05, 3.63) is 59.4 Å². The molecule has 2 aromatic heterocycles. The molecule has 35 heavy (non-hydrogen) atoms. The Balaban J connectivity index is 1.55. The number of pyridine rings is 1. The molecule has 1 fully saturated rings. The molecule has 4 rings (SSSR count). The minimum Gasteiger partial charge on any atom is -0.491 e. The second-order valence-corrected chi connectivity index (χ2v) is 9.64. The molecule has 0 spiro atoms. The zero-order chi connectivity index (χ0) is 24.8. The summed E-state index contributed by atoms with van der Waals surface area (Å²) in [6.45, 7) is 3.80. The third-order valence-electron chi connectivity index (χ3n) is 5.51. The summed E-state index contributed by atoms with van der Waals surface area (Å²) >= 11 is 0. The smallest absolute Gasteiger partial charge is 0.282 e. The van der Waals surface area contributed by atoms with Crippen LogP contribution in [0.1, 0.15) is 16.7 Å². The third-order valence-corrected chi connectivity index (χ3v) is 7.17. The van der Waals surface area contributed by atoms with Gasteiger partial charge in [0, 0.05) is 38.4 Å². The average Bonchev–Trinajstić information content (AvgIpc) is 3.30. The maximum Gasteiger partial charge on any atom is 0.282 e. The summed E-state index contributed by atoms with van der Waals surface area (Å²) in [5, 5.41) is 26.7. The first-order valence-corrected chi connectivity index (χ1v) is 12.2. The van der Waals surface area contributed by atoms with Crippen molar-refractivity contribution in [1.82, 2.24) is 18.9 Å². The molecule has 0 aliphatic carbocycles. The predicted octanol–water partition coefficient (Wildman–Crippen LogP) is 1.44. The quantitative estimate of drug-likeness (QED) is 0.340. The van der Waals surface area contributed by atoms with E-state index >= 15 is 0 Å². The Kier molecular flexibility index (Phi) is 7.27. The van der Waals surface area contributed by atoms with Crippen LogP contribution in [-0.2, 0) is 14.8 Å². The van der Waals surface area contributed by atoms with Gasteiger partial charge in [0.15, 0.2) is 0 Å². The molecule has 1 aliphatic heterocycles. The minimum absolute atomic E-state index is 0.147.